The lowest BCUT2D eigenvalue weighted by molar-refractivity contribution is 0.102. The Hall–Kier alpha value is -2.24. The van der Waals surface area contributed by atoms with Gasteiger partial charge in [0, 0.05) is 16.2 Å². The predicted molar refractivity (Wildman–Crippen MR) is 106 cm³/mol. The molecule has 0 atom stereocenters. The monoisotopic (exact) mass is 354 g/mol. The van der Waals surface area contributed by atoms with Crippen molar-refractivity contribution in [2.45, 2.75) is 5.75 Å². The maximum Gasteiger partial charge on any atom is 0.255 e. The fraction of sp³-hybridized carbons (Fsp3) is 0.105. The number of nitrogens with two attached hydrogens (primary N) is 1. The standard InChI is InChI=1S/C19H18N2OS2/c1-23-12-13-4-6-14(7-5-13)19(22)21-17-11-15(8-9-16(17)20)18-3-2-10-24-18/h2-11H,12,20H2,1H3,(H,21,22). The Bertz CT molecular complexity index is 827. The molecule has 0 saturated heterocycles. The summed E-state index contributed by atoms with van der Waals surface area (Å²) >= 11 is 3.41. The number of thioether (sulfide) groups is 1. The molecule has 3 nitrogen and oxygen atoms in total. The number of benzene rings is 2. The lowest BCUT2D eigenvalue weighted by Crippen LogP contribution is -2.13. The average Bonchev–Trinajstić information content (AvgIpc) is 3.12. The molecule has 3 rings (SSSR count). The van der Waals surface area contributed by atoms with Crippen LogP contribution in [0.4, 0.5) is 11.4 Å². The Balaban J connectivity index is 1.79. The van der Waals surface area contributed by atoms with E-state index in [2.05, 4.69) is 11.6 Å². The molecular weight excluding hydrogens is 336 g/mol. The molecule has 0 aliphatic heterocycles. The molecule has 1 aromatic heterocycles. The van der Waals surface area contributed by atoms with Crippen LogP contribution in [0.25, 0.3) is 10.4 Å². The van der Waals surface area contributed by atoms with Gasteiger partial charge in [0.1, 0.15) is 0 Å². The number of amides is 1. The summed E-state index contributed by atoms with van der Waals surface area (Å²) in [6.45, 7) is 0. The van der Waals surface area contributed by atoms with Gasteiger partial charge < -0.3 is 11.1 Å². The molecule has 0 spiro atoms. The van der Waals surface area contributed by atoms with Gasteiger partial charge in [-0.2, -0.15) is 11.8 Å². The molecule has 1 amide bonds. The first-order valence-electron chi connectivity index (χ1n) is 7.50. The first-order chi connectivity index (χ1) is 11.7. The van der Waals surface area contributed by atoms with E-state index in [1.807, 2.05) is 60.0 Å². The van der Waals surface area contributed by atoms with Gasteiger partial charge in [0.25, 0.3) is 5.91 Å². The van der Waals surface area contributed by atoms with E-state index in [1.54, 1.807) is 23.1 Å². The summed E-state index contributed by atoms with van der Waals surface area (Å²) in [6, 6.07) is 17.4. The number of hydrogen-bond acceptors (Lipinski definition) is 4. The van der Waals surface area contributed by atoms with Gasteiger partial charge in [-0.15, -0.1) is 11.3 Å². The minimum absolute atomic E-state index is 0.152. The molecule has 1 heterocycles. The summed E-state index contributed by atoms with van der Waals surface area (Å²) < 4.78 is 0. The number of nitrogens with one attached hydrogen (secondary N) is 1. The van der Waals surface area contributed by atoms with Gasteiger partial charge >= 0.3 is 0 Å². The van der Waals surface area contributed by atoms with Crippen LogP contribution in [-0.4, -0.2) is 12.2 Å². The zero-order chi connectivity index (χ0) is 16.9. The maximum atomic E-state index is 12.5. The highest BCUT2D eigenvalue weighted by atomic mass is 32.2. The predicted octanol–water partition coefficient (Wildman–Crippen LogP) is 5.11. The quantitative estimate of drug-likeness (QED) is 0.626. The van der Waals surface area contributed by atoms with Gasteiger partial charge in [0.2, 0.25) is 0 Å². The van der Waals surface area contributed by atoms with Crippen LogP contribution in [-0.2, 0) is 5.75 Å². The zero-order valence-electron chi connectivity index (χ0n) is 13.3. The molecule has 5 heteroatoms. The molecule has 3 N–H and O–H groups in total. The van der Waals surface area contributed by atoms with E-state index >= 15 is 0 Å². The first kappa shape index (κ1) is 16.6. The summed E-state index contributed by atoms with van der Waals surface area (Å²) in [7, 11) is 0. The van der Waals surface area contributed by atoms with Crippen molar-refractivity contribution in [1.29, 1.82) is 0 Å². The second-order valence-electron chi connectivity index (χ2n) is 5.36. The number of carbonyl (C=O) groups excluding carboxylic acids is 1. The molecule has 0 saturated carbocycles. The third-order valence-electron chi connectivity index (χ3n) is 3.63. The Morgan fingerprint density at radius 1 is 1.17 bits per heavy atom. The fourth-order valence-corrected chi connectivity index (χ4v) is 3.62. The van der Waals surface area contributed by atoms with Crippen molar-refractivity contribution in [3.63, 3.8) is 0 Å². The van der Waals surface area contributed by atoms with E-state index in [9.17, 15) is 4.79 Å². The molecule has 0 bridgehead atoms. The summed E-state index contributed by atoms with van der Waals surface area (Å²) in [4.78, 5) is 13.6. The summed E-state index contributed by atoms with van der Waals surface area (Å²) in [6.07, 6.45) is 2.06. The van der Waals surface area contributed by atoms with Gasteiger partial charge in [0.15, 0.2) is 0 Å². The molecule has 0 aliphatic rings. The summed E-state index contributed by atoms with van der Waals surface area (Å²) in [5.41, 5.74) is 10.1. The largest absolute Gasteiger partial charge is 0.397 e. The zero-order valence-corrected chi connectivity index (χ0v) is 14.9. The molecule has 122 valence electrons. The number of carbonyl (C=O) groups is 1. The fourth-order valence-electron chi connectivity index (χ4n) is 2.37. The van der Waals surface area contributed by atoms with Crippen LogP contribution in [0.5, 0.6) is 0 Å². The van der Waals surface area contributed by atoms with Crippen LogP contribution in [0.1, 0.15) is 15.9 Å². The Morgan fingerprint density at radius 2 is 1.96 bits per heavy atom. The van der Waals surface area contributed by atoms with Crippen molar-refractivity contribution in [1.82, 2.24) is 0 Å². The normalized spacial score (nSPS) is 10.5. The highest BCUT2D eigenvalue weighted by Crippen LogP contribution is 2.30. The first-order valence-corrected chi connectivity index (χ1v) is 9.77. The molecule has 0 unspecified atom stereocenters. The minimum atomic E-state index is -0.152. The molecule has 0 radical (unpaired) electrons. The average molecular weight is 355 g/mol. The molecule has 24 heavy (non-hydrogen) atoms. The van der Waals surface area contributed by atoms with Gasteiger partial charge in [0.05, 0.1) is 11.4 Å². The van der Waals surface area contributed by atoms with E-state index in [1.165, 1.54) is 5.56 Å². The van der Waals surface area contributed by atoms with Gasteiger partial charge in [-0.1, -0.05) is 24.3 Å². The third kappa shape index (κ3) is 3.80. The van der Waals surface area contributed by atoms with Crippen molar-refractivity contribution >= 4 is 40.4 Å². The molecule has 0 aliphatic carbocycles. The SMILES string of the molecule is CSCc1ccc(C(=O)Nc2cc(-c3cccs3)ccc2N)cc1. The number of thiophene rings is 1. The Morgan fingerprint density at radius 3 is 2.62 bits per heavy atom. The minimum Gasteiger partial charge on any atom is -0.397 e. The van der Waals surface area contributed by atoms with Crippen molar-refractivity contribution < 1.29 is 4.79 Å². The van der Waals surface area contributed by atoms with Crippen LogP contribution >= 0.6 is 23.1 Å². The summed E-state index contributed by atoms with van der Waals surface area (Å²) in [5, 5.41) is 4.94. The van der Waals surface area contributed by atoms with Crippen molar-refractivity contribution in [3.05, 3.63) is 71.1 Å². The van der Waals surface area contributed by atoms with Crippen LogP contribution in [0.3, 0.4) is 0 Å². The van der Waals surface area contributed by atoms with Gasteiger partial charge in [-0.05, 0) is 53.1 Å². The number of nitrogen functional groups attached to an aromatic ring is 1. The highest BCUT2D eigenvalue weighted by molar-refractivity contribution is 7.97. The second-order valence-corrected chi connectivity index (χ2v) is 7.18. The van der Waals surface area contributed by atoms with Crippen LogP contribution < -0.4 is 11.1 Å². The van der Waals surface area contributed by atoms with Crippen LogP contribution in [0, 0.1) is 0 Å². The number of rotatable bonds is 5. The van der Waals surface area contributed by atoms with Crippen molar-refractivity contribution in [2.75, 3.05) is 17.3 Å². The van der Waals surface area contributed by atoms with E-state index in [-0.39, 0.29) is 5.91 Å². The Kier molecular flexibility index (Phi) is 5.23. The van der Waals surface area contributed by atoms with E-state index in [0.29, 0.717) is 16.9 Å². The number of anilines is 2. The third-order valence-corrected chi connectivity index (χ3v) is 5.18. The molecular formula is C19H18N2OS2. The van der Waals surface area contributed by atoms with Gasteiger partial charge in [-0.3, -0.25) is 4.79 Å². The Labute approximate surface area is 149 Å². The summed E-state index contributed by atoms with van der Waals surface area (Å²) in [5.74, 6) is 0.790. The van der Waals surface area contributed by atoms with Crippen molar-refractivity contribution in [3.8, 4) is 10.4 Å². The molecule has 0 fully saturated rings. The van der Waals surface area contributed by atoms with Gasteiger partial charge in [-0.25, -0.2) is 0 Å². The lowest BCUT2D eigenvalue weighted by atomic mass is 10.1. The highest BCUT2D eigenvalue weighted by Gasteiger charge is 2.10. The van der Waals surface area contributed by atoms with Crippen LogP contribution in [0.2, 0.25) is 0 Å². The molecule has 3 aromatic rings. The second kappa shape index (κ2) is 7.55. The smallest absolute Gasteiger partial charge is 0.255 e. The van der Waals surface area contributed by atoms with Crippen molar-refractivity contribution in [2.24, 2.45) is 0 Å². The van der Waals surface area contributed by atoms with Crippen LogP contribution in [0.15, 0.2) is 60.0 Å². The number of hydrogen-bond donors (Lipinski definition) is 2. The maximum absolute atomic E-state index is 12.5. The molecule has 2 aromatic carbocycles. The topological polar surface area (TPSA) is 55.1 Å². The van der Waals surface area contributed by atoms with E-state index in [4.69, 9.17) is 5.73 Å². The van der Waals surface area contributed by atoms with E-state index in [0.717, 1.165) is 16.2 Å². The lowest BCUT2D eigenvalue weighted by Gasteiger charge is -2.10. The van der Waals surface area contributed by atoms with E-state index < -0.39 is 0 Å².